The molecule has 0 amide bonds. The fourth-order valence-electron chi connectivity index (χ4n) is 2.43. The Morgan fingerprint density at radius 2 is 1.88 bits per heavy atom. The van der Waals surface area contributed by atoms with E-state index in [-0.39, 0.29) is 0 Å². The van der Waals surface area contributed by atoms with E-state index in [1.165, 1.54) is 10.2 Å². The van der Waals surface area contributed by atoms with Crippen molar-refractivity contribution in [1.82, 2.24) is 10.6 Å². The highest BCUT2D eigenvalue weighted by atomic mass is 35.5. The van der Waals surface area contributed by atoms with Crippen LogP contribution in [0.15, 0.2) is 53.1 Å². The van der Waals surface area contributed by atoms with Crippen molar-refractivity contribution in [2.45, 2.75) is 13.0 Å². The van der Waals surface area contributed by atoms with Gasteiger partial charge in [-0.2, -0.15) is 0 Å². The number of rotatable bonds is 7. The van der Waals surface area contributed by atoms with Crippen molar-refractivity contribution in [1.29, 1.82) is 0 Å². The fourth-order valence-corrected chi connectivity index (χ4v) is 2.56. The Morgan fingerprint density at radius 3 is 2.56 bits per heavy atom. The van der Waals surface area contributed by atoms with Crippen LogP contribution in [0.5, 0.6) is 11.7 Å². The van der Waals surface area contributed by atoms with Crippen molar-refractivity contribution < 1.29 is 19.0 Å². The second-order valence-electron chi connectivity index (χ2n) is 5.47. The van der Waals surface area contributed by atoms with E-state index in [0.29, 0.717) is 12.2 Å². The van der Waals surface area contributed by atoms with Crippen molar-refractivity contribution in [2.75, 3.05) is 13.7 Å². The Bertz CT molecular complexity index is 817. The monoisotopic (exact) mass is 359 g/mol. The molecule has 0 spiro atoms. The number of nitrogens with zero attached hydrogens (tertiary/aromatic N) is 2. The van der Waals surface area contributed by atoms with Gasteiger partial charge in [0.25, 0.3) is 5.69 Å². The summed E-state index contributed by atoms with van der Waals surface area (Å²) in [7, 11) is 1.60. The largest absolute Gasteiger partial charge is 0.539 e. The van der Waals surface area contributed by atoms with Crippen molar-refractivity contribution in [3.05, 3.63) is 64.8 Å². The first-order chi connectivity index (χ1) is 12.2. The summed E-state index contributed by atoms with van der Waals surface area (Å²) in [6.45, 7) is 1.08. The number of hydrogen-bond acceptors (Lipinski definition) is 5. The summed E-state index contributed by atoms with van der Waals surface area (Å²) in [5.74, 6) is 0.285. The molecule has 6 nitrogen and oxygen atoms in total. The van der Waals surface area contributed by atoms with Gasteiger partial charge >= 0.3 is 0 Å². The lowest BCUT2D eigenvalue weighted by molar-refractivity contribution is -0.677. The molecule has 0 aliphatic carbocycles. The van der Waals surface area contributed by atoms with Gasteiger partial charge in [-0.3, -0.25) is 0 Å². The van der Waals surface area contributed by atoms with Gasteiger partial charge in [0.05, 0.1) is 18.9 Å². The Labute approximate surface area is 150 Å². The summed E-state index contributed by atoms with van der Waals surface area (Å²) in [6, 6.07) is 14.9. The SMILES string of the molecule is COc1ccc(-[n+]2noc([O-])c2CNCCc2ccc(Cl)cc2)cc1. The number of hydrogen-bond donors (Lipinski definition) is 1. The number of nitrogens with one attached hydrogen (secondary N) is 1. The number of aromatic nitrogens is 2. The Morgan fingerprint density at radius 1 is 1.16 bits per heavy atom. The van der Waals surface area contributed by atoms with Gasteiger partial charge < -0.3 is 19.7 Å². The van der Waals surface area contributed by atoms with E-state index >= 15 is 0 Å². The molecule has 0 bridgehead atoms. The average Bonchev–Trinajstić information content (AvgIpc) is 3.01. The number of methoxy groups -OCH3 is 1. The van der Waals surface area contributed by atoms with Gasteiger partial charge in [-0.25, -0.2) is 0 Å². The molecule has 0 unspecified atom stereocenters. The molecule has 1 aromatic heterocycles. The second kappa shape index (κ2) is 8.00. The van der Waals surface area contributed by atoms with Crippen LogP contribution >= 0.6 is 11.6 Å². The molecular formula is C18H18ClN3O3. The maximum Gasteiger partial charge on any atom is 0.253 e. The van der Waals surface area contributed by atoms with Gasteiger partial charge in [-0.1, -0.05) is 23.7 Å². The molecule has 0 fully saturated rings. The van der Waals surface area contributed by atoms with Gasteiger partial charge in [-0.05, 0) is 47.5 Å². The fraction of sp³-hybridized carbons (Fsp3) is 0.222. The Balaban J connectivity index is 1.62. The van der Waals surface area contributed by atoms with Gasteiger partial charge in [-0.15, -0.1) is 0 Å². The summed E-state index contributed by atoms with van der Waals surface area (Å²) in [6.07, 6.45) is 0.833. The lowest BCUT2D eigenvalue weighted by Gasteiger charge is -2.04. The normalized spacial score (nSPS) is 10.8. The van der Waals surface area contributed by atoms with E-state index in [1.807, 2.05) is 36.4 Å². The molecule has 25 heavy (non-hydrogen) atoms. The number of halogens is 1. The zero-order valence-corrected chi connectivity index (χ0v) is 14.5. The smallest absolute Gasteiger partial charge is 0.253 e. The summed E-state index contributed by atoms with van der Waals surface area (Å²) in [4.78, 5) is 0. The van der Waals surface area contributed by atoms with E-state index < -0.39 is 5.95 Å². The maximum absolute atomic E-state index is 11.9. The lowest BCUT2D eigenvalue weighted by atomic mass is 10.1. The van der Waals surface area contributed by atoms with Gasteiger partial charge in [0, 0.05) is 17.2 Å². The molecule has 0 aliphatic rings. The molecule has 130 valence electrons. The molecule has 1 N–H and O–H groups in total. The second-order valence-corrected chi connectivity index (χ2v) is 5.91. The summed E-state index contributed by atoms with van der Waals surface area (Å²) < 4.78 is 11.4. The van der Waals surface area contributed by atoms with Crippen LogP contribution in [0.1, 0.15) is 11.3 Å². The first-order valence-electron chi connectivity index (χ1n) is 7.85. The quantitative estimate of drug-likeness (QED) is 0.516. The van der Waals surface area contributed by atoms with Crippen LogP contribution in [-0.2, 0) is 13.0 Å². The van der Waals surface area contributed by atoms with Crippen LogP contribution in [0.3, 0.4) is 0 Å². The molecule has 0 radical (unpaired) electrons. The molecule has 0 saturated carbocycles. The van der Waals surface area contributed by atoms with Gasteiger partial charge in [0.15, 0.2) is 5.95 Å². The third kappa shape index (κ3) is 4.29. The highest BCUT2D eigenvalue weighted by Crippen LogP contribution is 2.14. The van der Waals surface area contributed by atoms with Gasteiger partial charge in [0.1, 0.15) is 5.75 Å². The molecule has 0 aliphatic heterocycles. The minimum atomic E-state index is -0.449. The Hall–Kier alpha value is -2.57. The van der Waals surface area contributed by atoms with Crippen molar-refractivity contribution in [2.24, 2.45) is 0 Å². The Kier molecular flexibility index (Phi) is 5.53. The van der Waals surface area contributed by atoms with Crippen LogP contribution in [0.4, 0.5) is 0 Å². The first kappa shape index (κ1) is 17.3. The molecule has 2 aromatic carbocycles. The first-order valence-corrected chi connectivity index (χ1v) is 8.22. The standard InChI is InChI=1S/C18H18ClN3O3/c1-24-16-8-6-15(7-9-16)22-17(18(23)25-21-22)12-20-11-10-13-2-4-14(19)5-3-13/h2-9,20H,10-12H2,1H3. The van der Waals surface area contributed by atoms with Crippen LogP contribution < -0.4 is 19.8 Å². The van der Waals surface area contributed by atoms with E-state index in [2.05, 4.69) is 10.6 Å². The lowest BCUT2D eigenvalue weighted by Crippen LogP contribution is -2.39. The van der Waals surface area contributed by atoms with Crippen molar-refractivity contribution >= 4 is 11.6 Å². The number of ether oxygens (including phenoxy) is 1. The zero-order chi connectivity index (χ0) is 17.6. The van der Waals surface area contributed by atoms with E-state index in [1.54, 1.807) is 19.2 Å². The van der Waals surface area contributed by atoms with E-state index in [9.17, 15) is 5.11 Å². The van der Waals surface area contributed by atoms with Gasteiger partial charge in [0.2, 0.25) is 5.69 Å². The molecule has 3 rings (SSSR count). The predicted molar refractivity (Wildman–Crippen MR) is 90.9 cm³/mol. The third-order valence-corrected chi connectivity index (χ3v) is 4.06. The minimum absolute atomic E-state index is 0.363. The molecule has 3 aromatic rings. The maximum atomic E-state index is 11.9. The molecule has 7 heteroatoms. The molecule has 0 saturated heterocycles. The van der Waals surface area contributed by atoms with Crippen LogP contribution in [-0.4, -0.2) is 18.9 Å². The van der Waals surface area contributed by atoms with Crippen LogP contribution in [0.25, 0.3) is 5.69 Å². The molecule has 0 atom stereocenters. The predicted octanol–water partition coefficient (Wildman–Crippen LogP) is 2.02. The average molecular weight is 360 g/mol. The van der Waals surface area contributed by atoms with E-state index in [4.69, 9.17) is 20.9 Å². The third-order valence-electron chi connectivity index (χ3n) is 3.81. The number of benzene rings is 2. The minimum Gasteiger partial charge on any atom is -0.539 e. The highest BCUT2D eigenvalue weighted by Gasteiger charge is 2.19. The van der Waals surface area contributed by atoms with Crippen molar-refractivity contribution in [3.63, 3.8) is 0 Å². The molecule has 1 heterocycles. The summed E-state index contributed by atoms with van der Waals surface area (Å²) in [5, 5.41) is 19.7. The zero-order valence-electron chi connectivity index (χ0n) is 13.7. The van der Waals surface area contributed by atoms with Crippen LogP contribution in [0, 0.1) is 0 Å². The van der Waals surface area contributed by atoms with Crippen LogP contribution in [0.2, 0.25) is 5.02 Å². The highest BCUT2D eigenvalue weighted by molar-refractivity contribution is 6.30. The summed E-state index contributed by atoms with van der Waals surface area (Å²) in [5.41, 5.74) is 2.36. The summed E-state index contributed by atoms with van der Waals surface area (Å²) >= 11 is 5.87. The van der Waals surface area contributed by atoms with E-state index in [0.717, 1.165) is 29.4 Å². The van der Waals surface area contributed by atoms with Crippen molar-refractivity contribution in [3.8, 4) is 17.4 Å². The topological polar surface area (TPSA) is 74.2 Å². The molecular weight excluding hydrogens is 342 g/mol.